The minimum Gasteiger partial charge on any atom is -0.504 e. The molecule has 2 rings (SSSR count). The van der Waals surface area contributed by atoms with Gasteiger partial charge in [-0.2, -0.15) is 0 Å². The molecule has 1 aliphatic heterocycles. The molecular formula is C13H18N2O3. The van der Waals surface area contributed by atoms with Crippen molar-refractivity contribution in [1.29, 1.82) is 0 Å². The van der Waals surface area contributed by atoms with E-state index < -0.39 is 0 Å². The van der Waals surface area contributed by atoms with Crippen molar-refractivity contribution >= 4 is 5.91 Å². The summed E-state index contributed by atoms with van der Waals surface area (Å²) >= 11 is 0. The molecule has 5 nitrogen and oxygen atoms in total. The number of hydrogen-bond donors (Lipinski definition) is 4. The molecule has 1 fully saturated rings. The Kier molecular flexibility index (Phi) is 4.04. The van der Waals surface area contributed by atoms with Gasteiger partial charge in [-0.15, -0.1) is 0 Å². The van der Waals surface area contributed by atoms with Crippen molar-refractivity contribution < 1.29 is 15.0 Å². The van der Waals surface area contributed by atoms with E-state index in [0.29, 0.717) is 18.2 Å². The first-order chi connectivity index (χ1) is 8.66. The van der Waals surface area contributed by atoms with E-state index in [1.807, 2.05) is 0 Å². The zero-order valence-corrected chi connectivity index (χ0v) is 10.1. The second kappa shape index (κ2) is 5.73. The number of phenolic OH excluding ortho intramolecular Hbond substituents is 2. The number of carbonyl (C=O) groups excluding carboxylic acids is 1. The third-order valence-corrected chi connectivity index (χ3v) is 3.18. The van der Waals surface area contributed by atoms with Gasteiger partial charge in [0.25, 0.3) is 5.91 Å². The quantitative estimate of drug-likeness (QED) is 0.600. The lowest BCUT2D eigenvalue weighted by atomic mass is 10.1. The van der Waals surface area contributed by atoms with E-state index in [9.17, 15) is 9.90 Å². The van der Waals surface area contributed by atoms with Crippen molar-refractivity contribution in [3.63, 3.8) is 0 Å². The highest BCUT2D eigenvalue weighted by Crippen LogP contribution is 2.24. The Labute approximate surface area is 106 Å². The molecule has 5 heteroatoms. The maximum absolute atomic E-state index is 11.8. The van der Waals surface area contributed by atoms with Crippen LogP contribution in [0, 0.1) is 0 Å². The zero-order valence-electron chi connectivity index (χ0n) is 10.1. The van der Waals surface area contributed by atoms with Gasteiger partial charge in [-0.05, 0) is 44.0 Å². The van der Waals surface area contributed by atoms with Crippen LogP contribution in [0.25, 0.3) is 0 Å². The van der Waals surface area contributed by atoms with Crippen LogP contribution < -0.4 is 10.6 Å². The maximum atomic E-state index is 11.8. The predicted molar refractivity (Wildman–Crippen MR) is 67.7 cm³/mol. The number of benzene rings is 1. The fraction of sp³-hybridized carbons (Fsp3) is 0.462. The first kappa shape index (κ1) is 12.7. The second-order valence-electron chi connectivity index (χ2n) is 4.54. The molecule has 0 radical (unpaired) electrons. The number of nitrogens with one attached hydrogen (secondary N) is 2. The molecule has 0 spiro atoms. The van der Waals surface area contributed by atoms with Gasteiger partial charge in [-0.1, -0.05) is 0 Å². The van der Waals surface area contributed by atoms with Gasteiger partial charge in [0.2, 0.25) is 0 Å². The second-order valence-corrected chi connectivity index (χ2v) is 4.54. The third-order valence-electron chi connectivity index (χ3n) is 3.18. The number of amides is 1. The van der Waals surface area contributed by atoms with E-state index in [1.54, 1.807) is 0 Å². The molecule has 1 aromatic carbocycles. The van der Waals surface area contributed by atoms with Crippen LogP contribution in [-0.2, 0) is 0 Å². The summed E-state index contributed by atoms with van der Waals surface area (Å²) in [4.78, 5) is 11.8. The number of phenols is 2. The summed E-state index contributed by atoms with van der Waals surface area (Å²) in [6.07, 6.45) is 3.27. The van der Waals surface area contributed by atoms with Gasteiger partial charge >= 0.3 is 0 Å². The molecule has 4 N–H and O–H groups in total. The van der Waals surface area contributed by atoms with Crippen molar-refractivity contribution in [3.05, 3.63) is 23.8 Å². The summed E-state index contributed by atoms with van der Waals surface area (Å²) in [6, 6.07) is 4.55. The number of aromatic hydroxyl groups is 2. The average Bonchev–Trinajstić information content (AvgIpc) is 2.85. The molecule has 1 atom stereocenters. The van der Waals surface area contributed by atoms with Crippen molar-refractivity contribution in [2.45, 2.75) is 25.3 Å². The first-order valence-corrected chi connectivity index (χ1v) is 6.20. The maximum Gasteiger partial charge on any atom is 0.251 e. The molecule has 0 bridgehead atoms. The number of hydrogen-bond acceptors (Lipinski definition) is 4. The van der Waals surface area contributed by atoms with E-state index in [2.05, 4.69) is 10.6 Å². The molecule has 0 unspecified atom stereocenters. The Morgan fingerprint density at radius 2 is 2.22 bits per heavy atom. The number of carbonyl (C=O) groups is 1. The van der Waals surface area contributed by atoms with Crippen molar-refractivity contribution in [2.24, 2.45) is 0 Å². The molecule has 1 aliphatic rings. The molecule has 1 saturated heterocycles. The van der Waals surface area contributed by atoms with Gasteiger partial charge in [0, 0.05) is 18.2 Å². The van der Waals surface area contributed by atoms with Gasteiger partial charge in [0.15, 0.2) is 11.5 Å². The third kappa shape index (κ3) is 3.13. The molecule has 1 heterocycles. The zero-order chi connectivity index (χ0) is 13.0. The van der Waals surface area contributed by atoms with Gasteiger partial charge < -0.3 is 20.8 Å². The lowest BCUT2D eigenvalue weighted by Gasteiger charge is -2.11. The average molecular weight is 250 g/mol. The van der Waals surface area contributed by atoms with Crippen LogP contribution in [-0.4, -0.2) is 35.3 Å². The van der Waals surface area contributed by atoms with Gasteiger partial charge in [0.1, 0.15) is 0 Å². The van der Waals surface area contributed by atoms with Crippen LogP contribution in [0.3, 0.4) is 0 Å². The van der Waals surface area contributed by atoms with E-state index >= 15 is 0 Å². The van der Waals surface area contributed by atoms with E-state index in [1.165, 1.54) is 24.6 Å². The molecule has 98 valence electrons. The fourth-order valence-electron chi connectivity index (χ4n) is 2.13. The van der Waals surface area contributed by atoms with E-state index in [4.69, 9.17) is 5.11 Å². The highest BCUT2D eigenvalue weighted by atomic mass is 16.3. The monoisotopic (exact) mass is 250 g/mol. The summed E-state index contributed by atoms with van der Waals surface area (Å²) in [5.74, 6) is -0.731. The highest BCUT2D eigenvalue weighted by molar-refractivity contribution is 5.94. The molecule has 0 saturated carbocycles. The first-order valence-electron chi connectivity index (χ1n) is 6.20. The predicted octanol–water partition coefficient (Wildman–Crippen LogP) is 0.970. The SMILES string of the molecule is O=C(NCC[C@@H]1CCCN1)c1ccc(O)c(O)c1. The Hall–Kier alpha value is -1.75. The molecule has 18 heavy (non-hydrogen) atoms. The molecule has 0 aromatic heterocycles. The summed E-state index contributed by atoms with van der Waals surface area (Å²) in [5, 5.41) is 24.6. The molecule has 0 aliphatic carbocycles. The van der Waals surface area contributed by atoms with Gasteiger partial charge in [0.05, 0.1) is 0 Å². The lowest BCUT2D eigenvalue weighted by Crippen LogP contribution is -2.30. The van der Waals surface area contributed by atoms with Crippen molar-refractivity contribution in [3.8, 4) is 11.5 Å². The summed E-state index contributed by atoms with van der Waals surface area (Å²) in [7, 11) is 0. The minimum absolute atomic E-state index is 0.221. The summed E-state index contributed by atoms with van der Waals surface area (Å²) < 4.78 is 0. The Morgan fingerprint density at radius 3 is 2.89 bits per heavy atom. The van der Waals surface area contributed by atoms with Crippen LogP contribution in [0.2, 0.25) is 0 Å². The van der Waals surface area contributed by atoms with Crippen LogP contribution in [0.1, 0.15) is 29.6 Å². The van der Waals surface area contributed by atoms with Crippen molar-refractivity contribution in [2.75, 3.05) is 13.1 Å². The fourth-order valence-corrected chi connectivity index (χ4v) is 2.13. The molecular weight excluding hydrogens is 232 g/mol. The largest absolute Gasteiger partial charge is 0.504 e. The lowest BCUT2D eigenvalue weighted by molar-refractivity contribution is 0.0952. The Balaban J connectivity index is 1.81. The number of rotatable bonds is 4. The smallest absolute Gasteiger partial charge is 0.251 e. The molecule has 1 amide bonds. The standard InChI is InChI=1S/C13H18N2O3/c16-11-4-3-9(8-12(11)17)13(18)15-7-5-10-2-1-6-14-10/h3-4,8,10,14,16-17H,1-2,5-7H2,(H,15,18)/t10-/m0/s1. The minimum atomic E-state index is -0.278. The summed E-state index contributed by atoms with van der Waals surface area (Å²) in [5.41, 5.74) is 0.352. The highest BCUT2D eigenvalue weighted by Gasteiger charge is 2.14. The van der Waals surface area contributed by atoms with Gasteiger partial charge in [-0.25, -0.2) is 0 Å². The van der Waals surface area contributed by atoms with Crippen LogP contribution in [0.4, 0.5) is 0 Å². The normalized spacial score (nSPS) is 18.8. The van der Waals surface area contributed by atoms with E-state index in [0.717, 1.165) is 19.4 Å². The topological polar surface area (TPSA) is 81.6 Å². The van der Waals surface area contributed by atoms with Crippen LogP contribution in [0.5, 0.6) is 11.5 Å². The Morgan fingerprint density at radius 1 is 1.39 bits per heavy atom. The van der Waals surface area contributed by atoms with Crippen LogP contribution in [0.15, 0.2) is 18.2 Å². The van der Waals surface area contributed by atoms with Crippen molar-refractivity contribution in [1.82, 2.24) is 10.6 Å². The van der Waals surface area contributed by atoms with E-state index in [-0.39, 0.29) is 17.4 Å². The molecule has 1 aromatic rings. The van der Waals surface area contributed by atoms with Crippen LogP contribution >= 0.6 is 0 Å². The Bertz CT molecular complexity index is 428. The van der Waals surface area contributed by atoms with Gasteiger partial charge in [-0.3, -0.25) is 4.79 Å². The summed E-state index contributed by atoms with van der Waals surface area (Å²) in [6.45, 7) is 1.67.